The van der Waals surface area contributed by atoms with Gasteiger partial charge in [-0.25, -0.2) is 4.79 Å². The topological polar surface area (TPSA) is 77.8 Å². The van der Waals surface area contributed by atoms with E-state index in [0.29, 0.717) is 22.3 Å². The summed E-state index contributed by atoms with van der Waals surface area (Å²) in [7, 11) is 0. The number of carboxylic acids is 1. The quantitative estimate of drug-likeness (QED) is 0.624. The largest absolute Gasteiger partial charge is 0.508 e. The average Bonchev–Trinajstić information content (AvgIpc) is 2.59. The number of phenolic OH excluding ortho intramolecular Hbond substituents is 2. The highest BCUT2D eigenvalue weighted by atomic mass is 16.4. The van der Waals surface area contributed by atoms with Gasteiger partial charge in [0.1, 0.15) is 11.5 Å². The van der Waals surface area contributed by atoms with Crippen molar-refractivity contribution in [1.82, 2.24) is 0 Å². The molecule has 4 heteroatoms. The van der Waals surface area contributed by atoms with Gasteiger partial charge in [0, 0.05) is 16.7 Å². The van der Waals surface area contributed by atoms with Crippen molar-refractivity contribution in [3.63, 3.8) is 0 Å². The molecular formula is C21H14O4. The van der Waals surface area contributed by atoms with E-state index in [0.717, 1.165) is 0 Å². The van der Waals surface area contributed by atoms with E-state index in [-0.39, 0.29) is 17.1 Å². The number of hydrogen-bond donors (Lipinski definition) is 3. The minimum absolute atomic E-state index is 0.0459. The molecule has 122 valence electrons. The molecule has 0 unspecified atom stereocenters. The molecule has 0 heterocycles. The molecule has 4 nitrogen and oxygen atoms in total. The summed E-state index contributed by atoms with van der Waals surface area (Å²) >= 11 is 0. The standard InChI is InChI=1S/C21H14O4/c22-17-7-1-4-14(12-17)10-11-15-5-3-9-19(21(24)25)20(15)16-6-2-8-18(23)13-16/h1-9,12-13,22-23H,(H,24,25). The van der Waals surface area contributed by atoms with Crippen LogP contribution in [0.15, 0.2) is 66.7 Å². The van der Waals surface area contributed by atoms with Crippen molar-refractivity contribution in [3.8, 4) is 34.5 Å². The van der Waals surface area contributed by atoms with E-state index < -0.39 is 5.97 Å². The van der Waals surface area contributed by atoms with Crippen molar-refractivity contribution < 1.29 is 20.1 Å². The predicted octanol–water partition coefficient (Wildman–Crippen LogP) is 3.86. The van der Waals surface area contributed by atoms with E-state index in [1.165, 1.54) is 24.3 Å². The second-order valence-electron chi connectivity index (χ2n) is 5.38. The lowest BCUT2D eigenvalue weighted by atomic mass is 9.94. The lowest BCUT2D eigenvalue weighted by Crippen LogP contribution is -2.01. The molecule has 0 amide bonds. The normalized spacial score (nSPS) is 9.92. The summed E-state index contributed by atoms with van der Waals surface area (Å²) in [5, 5.41) is 28.7. The van der Waals surface area contributed by atoms with Crippen molar-refractivity contribution in [1.29, 1.82) is 0 Å². The van der Waals surface area contributed by atoms with E-state index in [9.17, 15) is 20.1 Å². The third kappa shape index (κ3) is 3.62. The summed E-state index contributed by atoms with van der Waals surface area (Å²) in [6.07, 6.45) is 0. The molecule has 3 N–H and O–H groups in total. The molecule has 0 aliphatic rings. The van der Waals surface area contributed by atoms with Crippen molar-refractivity contribution in [2.75, 3.05) is 0 Å². The Balaban J connectivity index is 2.18. The van der Waals surface area contributed by atoms with Gasteiger partial charge in [-0.3, -0.25) is 0 Å². The number of benzene rings is 3. The Bertz CT molecular complexity index is 1010. The van der Waals surface area contributed by atoms with Crippen molar-refractivity contribution >= 4 is 5.97 Å². The first kappa shape index (κ1) is 16.2. The van der Waals surface area contributed by atoms with Crippen LogP contribution in [0.3, 0.4) is 0 Å². The van der Waals surface area contributed by atoms with E-state index >= 15 is 0 Å². The Morgan fingerprint density at radius 3 is 2.16 bits per heavy atom. The fourth-order valence-corrected chi connectivity index (χ4v) is 2.53. The molecule has 0 aromatic heterocycles. The van der Waals surface area contributed by atoms with Crippen LogP contribution in [0.5, 0.6) is 11.5 Å². The SMILES string of the molecule is O=C(O)c1cccc(C#Cc2cccc(O)c2)c1-c1cccc(O)c1. The highest BCUT2D eigenvalue weighted by Gasteiger charge is 2.15. The lowest BCUT2D eigenvalue weighted by molar-refractivity contribution is 0.0697. The molecule has 0 aliphatic heterocycles. The van der Waals surface area contributed by atoms with Crippen molar-refractivity contribution in [2.24, 2.45) is 0 Å². The Morgan fingerprint density at radius 1 is 0.800 bits per heavy atom. The summed E-state index contributed by atoms with van der Waals surface area (Å²) in [6.45, 7) is 0. The number of rotatable bonds is 2. The Kier molecular flexibility index (Phi) is 4.40. The molecule has 3 aromatic rings. The lowest BCUT2D eigenvalue weighted by Gasteiger charge is -2.09. The van der Waals surface area contributed by atoms with E-state index in [2.05, 4.69) is 11.8 Å². The molecule has 0 saturated heterocycles. The van der Waals surface area contributed by atoms with E-state index in [1.807, 2.05) is 0 Å². The number of aromatic hydroxyl groups is 2. The minimum Gasteiger partial charge on any atom is -0.508 e. The van der Waals surface area contributed by atoms with E-state index in [1.54, 1.807) is 42.5 Å². The van der Waals surface area contributed by atoms with Crippen LogP contribution < -0.4 is 0 Å². The number of carboxylic acid groups (broad SMARTS) is 1. The zero-order chi connectivity index (χ0) is 17.8. The van der Waals surface area contributed by atoms with Crippen LogP contribution in [0.4, 0.5) is 0 Å². The first-order valence-corrected chi connectivity index (χ1v) is 7.51. The van der Waals surface area contributed by atoms with Crippen LogP contribution in [0, 0.1) is 11.8 Å². The third-order valence-electron chi connectivity index (χ3n) is 3.62. The molecule has 0 spiro atoms. The maximum atomic E-state index is 11.6. The molecule has 0 aliphatic carbocycles. The maximum absolute atomic E-state index is 11.6. The number of hydrogen-bond acceptors (Lipinski definition) is 3. The summed E-state index contributed by atoms with van der Waals surface area (Å²) in [5.74, 6) is 4.98. The van der Waals surface area contributed by atoms with Crippen LogP contribution in [-0.4, -0.2) is 21.3 Å². The number of aromatic carboxylic acids is 1. The first-order chi connectivity index (χ1) is 12.0. The van der Waals surface area contributed by atoms with Crippen LogP contribution in [0.2, 0.25) is 0 Å². The van der Waals surface area contributed by atoms with Crippen LogP contribution in [0.1, 0.15) is 21.5 Å². The summed E-state index contributed by atoms with van der Waals surface area (Å²) in [4.78, 5) is 11.6. The zero-order valence-electron chi connectivity index (χ0n) is 13.1. The van der Waals surface area contributed by atoms with Gasteiger partial charge in [-0.2, -0.15) is 0 Å². The Labute approximate surface area is 144 Å². The van der Waals surface area contributed by atoms with Crippen LogP contribution in [-0.2, 0) is 0 Å². The van der Waals surface area contributed by atoms with Gasteiger partial charge < -0.3 is 15.3 Å². The third-order valence-corrected chi connectivity index (χ3v) is 3.62. The van der Waals surface area contributed by atoms with Gasteiger partial charge in [0.2, 0.25) is 0 Å². The summed E-state index contributed by atoms with van der Waals surface area (Å²) < 4.78 is 0. The predicted molar refractivity (Wildman–Crippen MR) is 94.6 cm³/mol. The molecule has 0 saturated carbocycles. The van der Waals surface area contributed by atoms with Gasteiger partial charge in [-0.1, -0.05) is 36.1 Å². The Morgan fingerprint density at radius 2 is 1.48 bits per heavy atom. The van der Waals surface area contributed by atoms with E-state index in [4.69, 9.17) is 0 Å². The van der Waals surface area contributed by atoms with Gasteiger partial charge in [-0.05, 0) is 48.0 Å². The maximum Gasteiger partial charge on any atom is 0.336 e. The summed E-state index contributed by atoms with van der Waals surface area (Å²) in [5.41, 5.74) is 2.25. The number of carbonyl (C=O) groups is 1. The second kappa shape index (κ2) is 6.81. The molecule has 0 bridgehead atoms. The fourth-order valence-electron chi connectivity index (χ4n) is 2.53. The highest BCUT2D eigenvalue weighted by molar-refractivity contribution is 5.98. The van der Waals surface area contributed by atoms with Gasteiger partial charge in [-0.15, -0.1) is 0 Å². The Hall–Kier alpha value is -3.71. The highest BCUT2D eigenvalue weighted by Crippen LogP contribution is 2.30. The molecule has 0 radical (unpaired) electrons. The molecule has 0 fully saturated rings. The first-order valence-electron chi connectivity index (χ1n) is 7.51. The average molecular weight is 330 g/mol. The molecule has 25 heavy (non-hydrogen) atoms. The molecule has 3 aromatic carbocycles. The zero-order valence-corrected chi connectivity index (χ0v) is 13.1. The van der Waals surface area contributed by atoms with Gasteiger partial charge in [0.15, 0.2) is 0 Å². The molecule has 3 rings (SSSR count). The van der Waals surface area contributed by atoms with Gasteiger partial charge in [0.25, 0.3) is 0 Å². The smallest absolute Gasteiger partial charge is 0.336 e. The van der Waals surface area contributed by atoms with Crippen molar-refractivity contribution in [2.45, 2.75) is 0 Å². The second-order valence-corrected chi connectivity index (χ2v) is 5.38. The molecule has 0 atom stereocenters. The van der Waals surface area contributed by atoms with Crippen LogP contribution >= 0.6 is 0 Å². The van der Waals surface area contributed by atoms with Crippen molar-refractivity contribution in [3.05, 3.63) is 83.4 Å². The molecular weight excluding hydrogens is 316 g/mol. The summed E-state index contributed by atoms with van der Waals surface area (Å²) in [6, 6.07) is 17.8. The number of phenols is 2. The van der Waals surface area contributed by atoms with Gasteiger partial charge in [0.05, 0.1) is 5.56 Å². The van der Waals surface area contributed by atoms with Crippen LogP contribution in [0.25, 0.3) is 11.1 Å². The fraction of sp³-hybridized carbons (Fsp3) is 0. The minimum atomic E-state index is -1.07. The monoisotopic (exact) mass is 330 g/mol. The van der Waals surface area contributed by atoms with Gasteiger partial charge >= 0.3 is 5.97 Å².